The molecule has 1 aliphatic heterocycles. The lowest BCUT2D eigenvalue weighted by molar-refractivity contribution is -0.134. The Morgan fingerprint density at radius 1 is 1.25 bits per heavy atom. The summed E-state index contributed by atoms with van der Waals surface area (Å²) in [5.41, 5.74) is 2.83. The van der Waals surface area contributed by atoms with Crippen molar-refractivity contribution in [3.8, 4) is 11.8 Å². The van der Waals surface area contributed by atoms with E-state index in [1.165, 1.54) is 11.1 Å². The number of ether oxygens (including phenoxy) is 1. The molecule has 122 valence electrons. The van der Waals surface area contributed by atoms with Crippen molar-refractivity contribution >= 4 is 5.91 Å². The second-order valence-corrected chi connectivity index (χ2v) is 6.05. The van der Waals surface area contributed by atoms with E-state index < -0.39 is 0 Å². The molecule has 4 nitrogen and oxygen atoms in total. The van der Waals surface area contributed by atoms with Crippen molar-refractivity contribution in [2.24, 2.45) is 0 Å². The van der Waals surface area contributed by atoms with E-state index in [-0.39, 0.29) is 18.6 Å². The number of rotatable bonds is 4. The third-order valence-electron chi connectivity index (χ3n) is 4.39. The van der Waals surface area contributed by atoms with Gasteiger partial charge in [-0.15, -0.1) is 0 Å². The standard InChI is InChI=1S/C20H20N2O2/c1-15-8-10-16(11-9-15)18-6-4-12-22(18)20(23)14-24-19-7-3-2-5-17(19)13-21/h2-3,5,7-11,18H,4,6,12,14H2,1H3. The molecular formula is C20H20N2O2. The van der Waals surface area contributed by atoms with E-state index >= 15 is 0 Å². The lowest BCUT2D eigenvalue weighted by atomic mass is 10.0. The molecule has 1 fully saturated rings. The number of likely N-dealkylation sites (tertiary alicyclic amines) is 1. The van der Waals surface area contributed by atoms with Gasteiger partial charge < -0.3 is 9.64 Å². The molecule has 0 bridgehead atoms. The summed E-state index contributed by atoms with van der Waals surface area (Å²) < 4.78 is 5.59. The van der Waals surface area contributed by atoms with E-state index in [0.29, 0.717) is 11.3 Å². The lowest BCUT2D eigenvalue weighted by Crippen LogP contribution is -2.34. The summed E-state index contributed by atoms with van der Waals surface area (Å²) in [4.78, 5) is 14.5. The fourth-order valence-corrected chi connectivity index (χ4v) is 3.11. The van der Waals surface area contributed by atoms with Crippen molar-refractivity contribution < 1.29 is 9.53 Å². The minimum Gasteiger partial charge on any atom is -0.482 e. The first kappa shape index (κ1) is 16.1. The molecular weight excluding hydrogens is 300 g/mol. The first-order chi connectivity index (χ1) is 11.7. The fourth-order valence-electron chi connectivity index (χ4n) is 3.11. The first-order valence-corrected chi connectivity index (χ1v) is 8.17. The van der Waals surface area contributed by atoms with Crippen molar-refractivity contribution in [1.29, 1.82) is 5.26 Å². The lowest BCUT2D eigenvalue weighted by Gasteiger charge is -2.25. The first-order valence-electron chi connectivity index (χ1n) is 8.17. The van der Waals surface area contributed by atoms with Crippen molar-refractivity contribution in [2.45, 2.75) is 25.8 Å². The highest BCUT2D eigenvalue weighted by Crippen LogP contribution is 2.32. The molecule has 1 unspecified atom stereocenters. The Labute approximate surface area is 142 Å². The zero-order chi connectivity index (χ0) is 16.9. The Kier molecular flexibility index (Phi) is 4.81. The van der Waals surface area contributed by atoms with Crippen LogP contribution in [-0.2, 0) is 4.79 Å². The average Bonchev–Trinajstić information content (AvgIpc) is 3.10. The van der Waals surface area contributed by atoms with Gasteiger partial charge in [0.15, 0.2) is 6.61 Å². The van der Waals surface area contributed by atoms with Gasteiger partial charge in [-0.3, -0.25) is 4.79 Å². The van der Waals surface area contributed by atoms with Crippen molar-refractivity contribution in [3.63, 3.8) is 0 Å². The summed E-state index contributed by atoms with van der Waals surface area (Å²) >= 11 is 0. The minimum absolute atomic E-state index is 0.0363. The van der Waals surface area contributed by atoms with E-state index in [9.17, 15) is 4.79 Å². The van der Waals surface area contributed by atoms with Gasteiger partial charge in [-0.2, -0.15) is 5.26 Å². The smallest absolute Gasteiger partial charge is 0.261 e. The highest BCUT2D eigenvalue weighted by Gasteiger charge is 2.30. The van der Waals surface area contributed by atoms with Crippen LogP contribution in [0.15, 0.2) is 48.5 Å². The van der Waals surface area contributed by atoms with E-state index in [1.807, 2.05) is 4.90 Å². The molecule has 2 aromatic carbocycles. The molecule has 2 aromatic rings. The van der Waals surface area contributed by atoms with Gasteiger partial charge in [-0.1, -0.05) is 42.0 Å². The number of hydrogen-bond acceptors (Lipinski definition) is 3. The van der Waals surface area contributed by atoms with Gasteiger partial charge in [0.1, 0.15) is 11.8 Å². The summed E-state index contributed by atoms with van der Waals surface area (Å²) in [5.74, 6) is 0.422. The number of hydrogen-bond donors (Lipinski definition) is 0. The molecule has 0 aromatic heterocycles. The summed E-state index contributed by atoms with van der Waals surface area (Å²) in [7, 11) is 0. The van der Waals surface area contributed by atoms with Gasteiger partial charge in [0.2, 0.25) is 0 Å². The van der Waals surface area contributed by atoms with Crippen molar-refractivity contribution in [3.05, 3.63) is 65.2 Å². The average molecular weight is 320 g/mol. The van der Waals surface area contributed by atoms with E-state index in [1.54, 1.807) is 24.3 Å². The number of amides is 1. The normalized spacial score (nSPS) is 16.7. The van der Waals surface area contributed by atoms with Crippen LogP contribution in [0.3, 0.4) is 0 Å². The Hall–Kier alpha value is -2.80. The van der Waals surface area contributed by atoms with Crippen LogP contribution in [0.5, 0.6) is 5.75 Å². The molecule has 0 aliphatic carbocycles. The summed E-state index contributed by atoms with van der Waals surface area (Å²) in [6, 6.07) is 17.5. The second-order valence-electron chi connectivity index (χ2n) is 6.05. The van der Waals surface area contributed by atoms with Gasteiger partial charge in [0.05, 0.1) is 11.6 Å². The van der Waals surface area contributed by atoms with E-state index in [0.717, 1.165) is 19.4 Å². The molecule has 0 N–H and O–H groups in total. The van der Waals surface area contributed by atoms with Crippen molar-refractivity contribution in [1.82, 2.24) is 4.90 Å². The van der Waals surface area contributed by atoms with Gasteiger partial charge >= 0.3 is 0 Å². The topological polar surface area (TPSA) is 53.3 Å². The Bertz CT molecular complexity index is 762. The summed E-state index contributed by atoms with van der Waals surface area (Å²) in [6.07, 6.45) is 1.97. The number of carbonyl (C=O) groups excluding carboxylic acids is 1. The molecule has 0 saturated carbocycles. The maximum Gasteiger partial charge on any atom is 0.261 e. The molecule has 1 saturated heterocycles. The van der Waals surface area contributed by atoms with Crippen LogP contribution in [0.25, 0.3) is 0 Å². The summed E-state index contributed by atoms with van der Waals surface area (Å²) in [6.45, 7) is 2.77. The van der Waals surface area contributed by atoms with Crippen LogP contribution < -0.4 is 4.74 Å². The fraction of sp³-hybridized carbons (Fsp3) is 0.300. The zero-order valence-corrected chi connectivity index (χ0v) is 13.7. The van der Waals surface area contributed by atoms with Crippen LogP contribution in [0.4, 0.5) is 0 Å². The quantitative estimate of drug-likeness (QED) is 0.865. The van der Waals surface area contributed by atoms with Crippen molar-refractivity contribution in [2.75, 3.05) is 13.2 Å². The van der Waals surface area contributed by atoms with Crippen LogP contribution in [0.1, 0.15) is 35.6 Å². The van der Waals surface area contributed by atoms with Crippen LogP contribution in [0.2, 0.25) is 0 Å². The molecule has 0 spiro atoms. The maximum absolute atomic E-state index is 12.6. The Morgan fingerprint density at radius 3 is 2.75 bits per heavy atom. The van der Waals surface area contributed by atoms with Gasteiger partial charge in [-0.25, -0.2) is 0 Å². The molecule has 0 radical (unpaired) electrons. The van der Waals surface area contributed by atoms with Crippen LogP contribution in [-0.4, -0.2) is 24.0 Å². The number of benzene rings is 2. The predicted molar refractivity (Wildman–Crippen MR) is 91.5 cm³/mol. The molecule has 1 atom stereocenters. The van der Waals surface area contributed by atoms with Gasteiger partial charge in [0.25, 0.3) is 5.91 Å². The highest BCUT2D eigenvalue weighted by molar-refractivity contribution is 5.78. The molecule has 1 heterocycles. The van der Waals surface area contributed by atoms with E-state index in [2.05, 4.69) is 37.3 Å². The molecule has 1 amide bonds. The summed E-state index contributed by atoms with van der Waals surface area (Å²) in [5, 5.41) is 9.08. The maximum atomic E-state index is 12.6. The Morgan fingerprint density at radius 2 is 2.00 bits per heavy atom. The molecule has 24 heavy (non-hydrogen) atoms. The highest BCUT2D eigenvalue weighted by atomic mass is 16.5. The van der Waals surface area contributed by atoms with Gasteiger partial charge in [0, 0.05) is 6.54 Å². The third kappa shape index (κ3) is 3.41. The minimum atomic E-state index is -0.0406. The third-order valence-corrected chi connectivity index (χ3v) is 4.39. The second kappa shape index (κ2) is 7.18. The molecule has 1 aliphatic rings. The number of aryl methyl sites for hydroxylation is 1. The number of nitriles is 1. The largest absolute Gasteiger partial charge is 0.482 e. The van der Waals surface area contributed by atoms with Crippen LogP contribution >= 0.6 is 0 Å². The number of carbonyl (C=O) groups is 1. The van der Waals surface area contributed by atoms with Gasteiger partial charge in [-0.05, 0) is 37.5 Å². The molecule has 3 rings (SSSR count). The number of nitrogens with zero attached hydrogens (tertiary/aromatic N) is 2. The van der Waals surface area contributed by atoms with E-state index in [4.69, 9.17) is 10.00 Å². The monoisotopic (exact) mass is 320 g/mol. The zero-order valence-electron chi connectivity index (χ0n) is 13.7. The van der Waals surface area contributed by atoms with Crippen LogP contribution in [0, 0.1) is 18.3 Å². The molecule has 4 heteroatoms. The Balaban J connectivity index is 1.68. The predicted octanol–water partition coefficient (Wildman–Crippen LogP) is 3.61. The SMILES string of the molecule is Cc1ccc(C2CCCN2C(=O)COc2ccccc2C#N)cc1. The number of para-hydroxylation sites is 1.